The largest absolute Gasteiger partial charge is 0.507 e. The van der Waals surface area contributed by atoms with Gasteiger partial charge in [0.05, 0.1) is 11.3 Å². The Hall–Kier alpha value is -4.67. The molecule has 0 spiro atoms. The Labute approximate surface area is 251 Å². The number of fused-ring (bicyclic) bond motifs is 4. The Morgan fingerprint density at radius 3 is 2.02 bits per heavy atom. The first-order valence-electron chi connectivity index (χ1n) is 13.1. The van der Waals surface area contributed by atoms with E-state index in [1.165, 1.54) is 0 Å². The van der Waals surface area contributed by atoms with Gasteiger partial charge in [0.1, 0.15) is 28.7 Å². The molecule has 6 aromatic rings. The van der Waals surface area contributed by atoms with Crippen LogP contribution in [0, 0.1) is 6.07 Å². The number of para-hydroxylation sites is 2. The van der Waals surface area contributed by atoms with Crippen molar-refractivity contribution in [1.82, 2.24) is 9.97 Å². The second-order valence-corrected chi connectivity index (χ2v) is 9.83. The molecule has 1 N–H and O–H groups in total. The summed E-state index contributed by atoms with van der Waals surface area (Å²) in [4.78, 5) is 9.44. The van der Waals surface area contributed by atoms with Crippen molar-refractivity contribution in [2.45, 2.75) is 0 Å². The van der Waals surface area contributed by atoms with E-state index < -0.39 is 0 Å². The van der Waals surface area contributed by atoms with Crippen LogP contribution < -0.4 is 25.9 Å². The molecule has 0 aliphatic carbocycles. The van der Waals surface area contributed by atoms with Gasteiger partial charge in [0, 0.05) is 50.2 Å². The van der Waals surface area contributed by atoms with Crippen molar-refractivity contribution in [2.24, 2.45) is 0 Å². The zero-order chi connectivity index (χ0) is 26.6. The average Bonchev–Trinajstić information content (AvgIpc) is 3.01. The molecule has 2 aliphatic rings. The van der Waals surface area contributed by atoms with Gasteiger partial charge >= 0.3 is 0 Å². The molecule has 0 unspecified atom stereocenters. The zero-order valence-electron chi connectivity index (χ0n) is 21.5. The molecule has 0 radical (unpaired) electrons. The maximum absolute atomic E-state index is 11.4. The van der Waals surface area contributed by atoms with Crippen molar-refractivity contribution in [1.29, 1.82) is 0 Å². The van der Waals surface area contributed by atoms with E-state index in [1.54, 1.807) is 12.3 Å². The topological polar surface area (TPSA) is 64.5 Å². The van der Waals surface area contributed by atoms with Crippen molar-refractivity contribution in [2.75, 3.05) is 0 Å². The number of phenolic OH excluding ortho intramolecular Hbond substituents is 1. The quantitative estimate of drug-likeness (QED) is 0.188. The molecule has 0 atom stereocenters. The van der Waals surface area contributed by atoms with Gasteiger partial charge in [-0.3, -0.25) is 9.97 Å². The van der Waals surface area contributed by atoms with E-state index in [0.717, 1.165) is 50.4 Å². The summed E-state index contributed by atoms with van der Waals surface area (Å²) in [5.41, 5.74) is 7.43. The predicted octanol–water partition coefficient (Wildman–Crippen LogP) is 5.71. The Morgan fingerprint density at radius 1 is 0.634 bits per heavy atom. The van der Waals surface area contributed by atoms with Gasteiger partial charge < -0.3 is 14.6 Å². The molecule has 4 aromatic carbocycles. The Kier molecular flexibility index (Phi) is 6.21. The number of rotatable bonds is 3. The fraction of sp³-hybridized carbons (Fsp3) is 0. The summed E-state index contributed by atoms with van der Waals surface area (Å²) < 4.78 is 12.8. The molecule has 0 saturated carbocycles. The number of benzene rings is 4. The number of aromatic nitrogens is 2. The summed E-state index contributed by atoms with van der Waals surface area (Å²) in [5, 5.41) is 11.4. The van der Waals surface area contributed by atoms with E-state index in [4.69, 9.17) is 14.5 Å². The number of hydrogen-bond donors (Lipinski definition) is 1. The van der Waals surface area contributed by atoms with Gasteiger partial charge in [-0.2, -0.15) is 0 Å². The van der Waals surface area contributed by atoms with Crippen LogP contribution in [0.25, 0.3) is 33.8 Å². The minimum absolute atomic E-state index is 0. The first kappa shape index (κ1) is 25.3. The first-order chi connectivity index (χ1) is 19.7. The smallest absolute Gasteiger partial charge is 0.260 e. The molecular formula is C34H20BN2O3Pt-. The Bertz CT molecular complexity index is 1940. The first-order valence-corrected chi connectivity index (χ1v) is 13.1. The van der Waals surface area contributed by atoms with Gasteiger partial charge in [0.15, 0.2) is 0 Å². The van der Waals surface area contributed by atoms with Crippen LogP contribution in [0.15, 0.2) is 115 Å². The van der Waals surface area contributed by atoms with Gasteiger partial charge in [-0.15, -0.1) is 24.3 Å². The van der Waals surface area contributed by atoms with Crippen LogP contribution in [0.5, 0.6) is 28.7 Å². The van der Waals surface area contributed by atoms with Crippen molar-refractivity contribution in [3.05, 3.63) is 121 Å². The molecular weight excluding hydrogens is 690 g/mol. The molecule has 8 rings (SSSR count). The summed E-state index contributed by atoms with van der Waals surface area (Å²) in [6.07, 6.45) is 1.77. The summed E-state index contributed by atoms with van der Waals surface area (Å²) in [5.74, 6) is 2.72. The van der Waals surface area contributed by atoms with Crippen molar-refractivity contribution >= 4 is 23.1 Å². The van der Waals surface area contributed by atoms with Gasteiger partial charge in [-0.1, -0.05) is 71.8 Å². The fourth-order valence-corrected chi connectivity index (χ4v) is 5.69. The second-order valence-electron chi connectivity index (χ2n) is 9.83. The van der Waals surface area contributed by atoms with Gasteiger partial charge in [0.2, 0.25) is 0 Å². The number of ether oxygens (including phenoxy) is 2. The summed E-state index contributed by atoms with van der Waals surface area (Å²) in [6, 6.07) is 38.7. The molecule has 41 heavy (non-hydrogen) atoms. The van der Waals surface area contributed by atoms with Gasteiger partial charge in [-0.25, -0.2) is 0 Å². The molecule has 2 aromatic heterocycles. The van der Waals surface area contributed by atoms with Crippen molar-refractivity contribution in [3.63, 3.8) is 0 Å². The fourth-order valence-electron chi connectivity index (χ4n) is 5.69. The van der Waals surface area contributed by atoms with Crippen molar-refractivity contribution < 1.29 is 35.6 Å². The second kappa shape index (κ2) is 10.1. The summed E-state index contributed by atoms with van der Waals surface area (Å²) in [7, 11) is 0. The molecule has 2 aliphatic heterocycles. The van der Waals surface area contributed by atoms with E-state index in [9.17, 15) is 5.11 Å². The van der Waals surface area contributed by atoms with Crippen molar-refractivity contribution in [3.8, 4) is 62.5 Å². The molecule has 7 heteroatoms. The minimum atomic E-state index is -0.0918. The maximum atomic E-state index is 11.4. The van der Waals surface area contributed by atoms with E-state index in [-0.39, 0.29) is 33.5 Å². The van der Waals surface area contributed by atoms with Crippen LogP contribution in [-0.4, -0.2) is 21.8 Å². The number of pyridine rings is 2. The van der Waals surface area contributed by atoms with Crippen LogP contribution in [0.3, 0.4) is 0 Å². The standard InChI is InChI=1S/C34H20BN2O3.Pt/c38-28-20-31-33-34(40-30-17-4-2-12-24(30)35(33)23-11-1-3-16-29(23)39-31)32(28)27-15-8-14-26(37-27)22-10-7-9-21(19-22)25-13-5-6-18-36-25;/h1-18,20,38H;/q-1;. The monoisotopic (exact) mass is 710 g/mol. The maximum Gasteiger partial charge on any atom is 0.260 e. The molecule has 198 valence electrons. The number of phenols is 1. The van der Waals surface area contributed by atoms with Crippen LogP contribution in [0.2, 0.25) is 0 Å². The van der Waals surface area contributed by atoms with E-state index in [0.29, 0.717) is 22.8 Å². The molecule has 5 nitrogen and oxygen atoms in total. The average molecular weight is 710 g/mol. The van der Waals surface area contributed by atoms with Gasteiger partial charge in [0.25, 0.3) is 6.71 Å². The molecule has 0 saturated heterocycles. The SMILES string of the molecule is Oc1cc2c3c(c1-c1cccc(-c4[c-]c(-c5ccccn5)ccc4)n1)Oc1ccccc1B3c1ccccc1O2.[Pt]. The van der Waals surface area contributed by atoms with Crippen LogP contribution in [0.4, 0.5) is 0 Å². The molecule has 0 amide bonds. The molecule has 0 bridgehead atoms. The minimum Gasteiger partial charge on any atom is -0.507 e. The van der Waals surface area contributed by atoms with Crippen LogP contribution in [0.1, 0.15) is 0 Å². The zero-order valence-corrected chi connectivity index (χ0v) is 23.8. The number of nitrogens with zero attached hydrogens (tertiary/aromatic N) is 2. The van der Waals surface area contributed by atoms with E-state index in [2.05, 4.69) is 23.2 Å². The Morgan fingerprint density at radius 2 is 1.27 bits per heavy atom. The van der Waals surface area contributed by atoms with Gasteiger partial charge in [-0.05, 0) is 35.2 Å². The molecule has 4 heterocycles. The third kappa shape index (κ3) is 4.14. The predicted molar refractivity (Wildman–Crippen MR) is 157 cm³/mol. The van der Waals surface area contributed by atoms with Crippen LogP contribution in [-0.2, 0) is 21.1 Å². The number of hydrogen-bond acceptors (Lipinski definition) is 5. The third-order valence-electron chi connectivity index (χ3n) is 7.46. The Balaban J connectivity index is 0.00000276. The summed E-state index contributed by atoms with van der Waals surface area (Å²) >= 11 is 0. The van der Waals surface area contributed by atoms with E-state index >= 15 is 0 Å². The normalized spacial score (nSPS) is 12.1. The number of aromatic hydroxyl groups is 1. The van der Waals surface area contributed by atoms with E-state index in [1.807, 2.05) is 91.0 Å². The van der Waals surface area contributed by atoms with Crippen LogP contribution >= 0.6 is 0 Å². The third-order valence-corrected chi connectivity index (χ3v) is 7.46. The molecule has 0 fully saturated rings. The summed E-state index contributed by atoms with van der Waals surface area (Å²) in [6.45, 7) is -0.0918.